The van der Waals surface area contributed by atoms with Crippen molar-refractivity contribution in [2.45, 2.75) is 13.0 Å². The zero-order valence-electron chi connectivity index (χ0n) is 13.9. The van der Waals surface area contributed by atoms with Gasteiger partial charge in [-0.25, -0.2) is 4.79 Å². The van der Waals surface area contributed by atoms with Gasteiger partial charge in [0.2, 0.25) is 0 Å². The fraction of sp³-hybridized carbons (Fsp3) is 0.176. The van der Waals surface area contributed by atoms with E-state index in [-0.39, 0.29) is 5.69 Å². The summed E-state index contributed by atoms with van der Waals surface area (Å²) in [6, 6.07) is 8.86. The number of carbonyl (C=O) groups is 1. The molecule has 1 aromatic heterocycles. The molecule has 0 amide bonds. The molecule has 2 N–H and O–H groups in total. The van der Waals surface area contributed by atoms with Gasteiger partial charge in [-0.15, -0.1) is 0 Å². The van der Waals surface area contributed by atoms with Crippen LogP contribution in [0.1, 0.15) is 18.7 Å². The van der Waals surface area contributed by atoms with Crippen LogP contribution in [0.5, 0.6) is 0 Å². The Bertz CT molecular complexity index is 917. The largest absolute Gasteiger partial charge is 0.466 e. The standard InChI is InChI=1S/C17H15N3O5S/c1-9-14(16(21)24-2)15(19-17(26)18-9)13-8-7-12(25-13)10-3-5-11(6-4-10)20(22)23/h3-8,15H,1-2H3,(H2,18,19,26). The van der Waals surface area contributed by atoms with Crippen LogP contribution in [-0.2, 0) is 9.53 Å². The summed E-state index contributed by atoms with van der Waals surface area (Å²) in [6.07, 6.45) is 0. The first-order valence-corrected chi connectivity index (χ1v) is 8.02. The first kappa shape index (κ1) is 17.6. The summed E-state index contributed by atoms with van der Waals surface area (Å²) >= 11 is 5.16. The van der Waals surface area contributed by atoms with Crippen molar-refractivity contribution in [2.75, 3.05) is 7.11 Å². The van der Waals surface area contributed by atoms with Crippen molar-refractivity contribution in [1.82, 2.24) is 10.6 Å². The van der Waals surface area contributed by atoms with Gasteiger partial charge in [0.25, 0.3) is 5.69 Å². The second-order valence-corrected chi connectivity index (χ2v) is 5.98. The molecule has 0 fully saturated rings. The van der Waals surface area contributed by atoms with Crippen molar-refractivity contribution >= 4 is 29.0 Å². The average Bonchev–Trinajstić information content (AvgIpc) is 3.10. The van der Waals surface area contributed by atoms with Crippen LogP contribution in [0.4, 0.5) is 5.69 Å². The molecule has 134 valence electrons. The Hall–Kier alpha value is -3.20. The highest BCUT2D eigenvalue weighted by Crippen LogP contribution is 2.32. The molecule has 0 saturated carbocycles. The Morgan fingerprint density at radius 1 is 1.27 bits per heavy atom. The van der Waals surface area contributed by atoms with Gasteiger partial charge < -0.3 is 19.8 Å². The third-order valence-electron chi connectivity index (χ3n) is 3.95. The summed E-state index contributed by atoms with van der Waals surface area (Å²) in [5, 5.41) is 17.0. The number of benzene rings is 1. The van der Waals surface area contributed by atoms with E-state index in [1.54, 1.807) is 31.2 Å². The van der Waals surface area contributed by atoms with Crippen molar-refractivity contribution in [1.29, 1.82) is 0 Å². The quantitative estimate of drug-likeness (QED) is 0.365. The van der Waals surface area contributed by atoms with Crippen LogP contribution in [0.2, 0.25) is 0 Å². The number of nitro benzene ring substituents is 1. The van der Waals surface area contributed by atoms with Gasteiger partial charge in [0, 0.05) is 23.4 Å². The molecule has 0 radical (unpaired) electrons. The molecule has 0 bridgehead atoms. The molecule has 1 aromatic carbocycles. The van der Waals surface area contributed by atoms with Gasteiger partial charge in [-0.05, 0) is 43.4 Å². The van der Waals surface area contributed by atoms with Gasteiger partial charge in [-0.2, -0.15) is 0 Å². The number of carbonyl (C=O) groups excluding carboxylic acids is 1. The first-order chi connectivity index (χ1) is 12.4. The number of esters is 1. The summed E-state index contributed by atoms with van der Waals surface area (Å²) in [6.45, 7) is 1.73. The number of nitrogens with zero attached hydrogens (tertiary/aromatic N) is 1. The number of hydrogen-bond acceptors (Lipinski definition) is 6. The van der Waals surface area contributed by atoms with E-state index < -0.39 is 16.9 Å². The molecule has 26 heavy (non-hydrogen) atoms. The number of furan rings is 1. The fourth-order valence-corrected chi connectivity index (χ4v) is 2.97. The lowest BCUT2D eigenvalue weighted by molar-refractivity contribution is -0.384. The predicted molar refractivity (Wildman–Crippen MR) is 97.1 cm³/mol. The number of thiocarbonyl (C=S) groups is 1. The third kappa shape index (κ3) is 3.29. The Morgan fingerprint density at radius 2 is 1.96 bits per heavy atom. The summed E-state index contributed by atoms with van der Waals surface area (Å²) in [5.74, 6) is 0.494. The number of ether oxygens (including phenoxy) is 1. The summed E-state index contributed by atoms with van der Waals surface area (Å²) in [4.78, 5) is 22.4. The van der Waals surface area contributed by atoms with Crippen LogP contribution in [0, 0.1) is 10.1 Å². The molecule has 0 spiro atoms. The number of rotatable bonds is 4. The van der Waals surface area contributed by atoms with Crippen LogP contribution in [0.25, 0.3) is 11.3 Å². The van der Waals surface area contributed by atoms with E-state index in [1.807, 2.05) is 0 Å². The lowest BCUT2D eigenvalue weighted by Gasteiger charge is -2.27. The Balaban J connectivity index is 1.95. The van der Waals surface area contributed by atoms with Crippen LogP contribution in [0.3, 0.4) is 0 Å². The zero-order valence-corrected chi connectivity index (χ0v) is 14.8. The second kappa shape index (κ2) is 6.96. The van der Waals surface area contributed by atoms with Crippen LogP contribution < -0.4 is 10.6 Å². The number of methoxy groups -OCH3 is 1. The molecule has 1 aliphatic rings. The number of non-ortho nitro benzene ring substituents is 1. The molecular formula is C17H15N3O5S. The second-order valence-electron chi connectivity index (χ2n) is 5.57. The van der Waals surface area contributed by atoms with Crippen molar-refractivity contribution < 1.29 is 18.9 Å². The lowest BCUT2D eigenvalue weighted by Crippen LogP contribution is -2.44. The van der Waals surface area contributed by atoms with Crippen LogP contribution in [0.15, 0.2) is 52.1 Å². The molecule has 0 saturated heterocycles. The summed E-state index contributed by atoms with van der Waals surface area (Å²) in [5.41, 5.74) is 1.63. The van der Waals surface area contributed by atoms with Crippen molar-refractivity contribution in [3.05, 3.63) is 63.5 Å². The van der Waals surface area contributed by atoms with Gasteiger partial charge >= 0.3 is 5.97 Å². The summed E-state index contributed by atoms with van der Waals surface area (Å²) in [7, 11) is 1.30. The van der Waals surface area contributed by atoms with Gasteiger partial charge in [0.05, 0.1) is 17.6 Å². The number of nitrogens with one attached hydrogen (secondary N) is 2. The topological polar surface area (TPSA) is 107 Å². The monoisotopic (exact) mass is 373 g/mol. The zero-order chi connectivity index (χ0) is 18.8. The minimum atomic E-state index is -0.594. The molecule has 9 heteroatoms. The highest BCUT2D eigenvalue weighted by molar-refractivity contribution is 7.80. The molecule has 1 aliphatic heterocycles. The van der Waals surface area contributed by atoms with E-state index in [2.05, 4.69) is 10.6 Å². The SMILES string of the molecule is COC(=O)C1=C(C)NC(=S)NC1c1ccc(-c2ccc([N+](=O)[O-])cc2)o1. The highest BCUT2D eigenvalue weighted by atomic mass is 32.1. The van der Waals surface area contributed by atoms with Gasteiger partial charge in [0.1, 0.15) is 17.6 Å². The molecule has 0 aliphatic carbocycles. The van der Waals surface area contributed by atoms with E-state index in [1.165, 1.54) is 19.2 Å². The molecule has 2 aromatic rings. The number of hydrogen-bond donors (Lipinski definition) is 2. The molecule has 1 unspecified atom stereocenters. The lowest BCUT2D eigenvalue weighted by atomic mass is 10.0. The minimum absolute atomic E-state index is 0.00237. The van der Waals surface area contributed by atoms with E-state index in [0.29, 0.717) is 33.5 Å². The Labute approximate surface area is 154 Å². The van der Waals surface area contributed by atoms with Crippen molar-refractivity contribution in [3.63, 3.8) is 0 Å². The summed E-state index contributed by atoms with van der Waals surface area (Å²) < 4.78 is 10.7. The van der Waals surface area contributed by atoms with Crippen molar-refractivity contribution in [2.24, 2.45) is 0 Å². The van der Waals surface area contributed by atoms with Crippen LogP contribution in [-0.4, -0.2) is 23.1 Å². The van der Waals surface area contributed by atoms with E-state index in [4.69, 9.17) is 21.4 Å². The average molecular weight is 373 g/mol. The number of nitro groups is 1. The molecule has 2 heterocycles. The maximum atomic E-state index is 12.1. The Morgan fingerprint density at radius 3 is 2.58 bits per heavy atom. The predicted octanol–water partition coefficient (Wildman–Crippen LogP) is 2.82. The highest BCUT2D eigenvalue weighted by Gasteiger charge is 2.32. The molecule has 8 nitrogen and oxygen atoms in total. The maximum Gasteiger partial charge on any atom is 0.338 e. The van der Waals surface area contributed by atoms with Gasteiger partial charge in [-0.3, -0.25) is 10.1 Å². The fourth-order valence-electron chi connectivity index (χ4n) is 2.70. The Kier molecular flexibility index (Phi) is 4.72. The van der Waals surface area contributed by atoms with E-state index in [0.717, 1.165) is 0 Å². The van der Waals surface area contributed by atoms with Crippen molar-refractivity contribution in [3.8, 4) is 11.3 Å². The van der Waals surface area contributed by atoms with E-state index >= 15 is 0 Å². The van der Waals surface area contributed by atoms with E-state index in [9.17, 15) is 14.9 Å². The molecular weight excluding hydrogens is 358 g/mol. The number of allylic oxidation sites excluding steroid dienone is 1. The van der Waals surface area contributed by atoms with Crippen LogP contribution >= 0.6 is 12.2 Å². The smallest absolute Gasteiger partial charge is 0.338 e. The normalized spacial score (nSPS) is 16.7. The van der Waals surface area contributed by atoms with Gasteiger partial charge in [-0.1, -0.05) is 0 Å². The first-order valence-electron chi connectivity index (χ1n) is 7.62. The molecule has 1 atom stereocenters. The van der Waals surface area contributed by atoms with Gasteiger partial charge in [0.15, 0.2) is 5.11 Å². The molecule has 3 rings (SSSR count). The minimum Gasteiger partial charge on any atom is -0.466 e. The maximum absolute atomic E-state index is 12.1. The third-order valence-corrected chi connectivity index (χ3v) is 4.17.